The monoisotopic (exact) mass is 208 g/mol. The van der Waals surface area contributed by atoms with Crippen molar-refractivity contribution in [2.75, 3.05) is 0 Å². The zero-order valence-corrected chi connectivity index (χ0v) is 9.32. The average molecular weight is 207 g/mol. The van der Waals surface area contributed by atoms with Crippen LogP contribution in [0.4, 0.5) is 0 Å². The molecule has 0 aliphatic carbocycles. The molecular formula is C10H14Ge. The fourth-order valence-corrected chi connectivity index (χ4v) is 8.03. The topological polar surface area (TPSA) is 0 Å². The van der Waals surface area contributed by atoms with Crippen LogP contribution in [0.15, 0.2) is 24.3 Å². The van der Waals surface area contributed by atoms with Crippen LogP contribution in [0.1, 0.15) is 11.1 Å². The summed E-state index contributed by atoms with van der Waals surface area (Å²) in [6.45, 7) is 0. The number of fused-ring (bicyclic) bond motifs is 1. The average Bonchev–Trinajstić information content (AvgIpc) is 2.21. The van der Waals surface area contributed by atoms with Gasteiger partial charge in [-0.2, -0.15) is 0 Å². The van der Waals surface area contributed by atoms with E-state index in [9.17, 15) is 0 Å². The third kappa shape index (κ3) is 1.36. The van der Waals surface area contributed by atoms with Crippen LogP contribution in [0, 0.1) is 0 Å². The number of hydrogen-bond acceptors (Lipinski definition) is 0. The summed E-state index contributed by atoms with van der Waals surface area (Å²) < 4.78 is 0. The summed E-state index contributed by atoms with van der Waals surface area (Å²) in [5.41, 5.74) is 3.27. The Hall–Kier alpha value is -0.237. The first-order valence-corrected chi connectivity index (χ1v) is 11.4. The van der Waals surface area contributed by atoms with Crippen LogP contribution >= 0.6 is 0 Å². The fraction of sp³-hybridized carbons (Fsp3) is 0.400. The van der Waals surface area contributed by atoms with E-state index in [1.807, 2.05) is 0 Å². The van der Waals surface area contributed by atoms with Crippen molar-refractivity contribution in [1.82, 2.24) is 0 Å². The van der Waals surface area contributed by atoms with E-state index < -0.39 is 13.3 Å². The Balaban J connectivity index is 2.41. The van der Waals surface area contributed by atoms with Crippen LogP contribution in [0.2, 0.25) is 11.5 Å². The van der Waals surface area contributed by atoms with E-state index in [0.29, 0.717) is 0 Å². The first kappa shape index (κ1) is 7.41. The van der Waals surface area contributed by atoms with E-state index in [2.05, 4.69) is 35.8 Å². The minimum atomic E-state index is -1.32. The summed E-state index contributed by atoms with van der Waals surface area (Å²) >= 11 is -1.32. The predicted octanol–water partition coefficient (Wildman–Crippen LogP) is 2.57. The van der Waals surface area contributed by atoms with E-state index in [4.69, 9.17) is 0 Å². The van der Waals surface area contributed by atoms with Crippen LogP contribution in [0.5, 0.6) is 0 Å². The molecule has 2 rings (SSSR count). The summed E-state index contributed by atoms with van der Waals surface area (Å²) in [6, 6.07) is 8.94. The minimum absolute atomic E-state index is 1.32. The molecule has 58 valence electrons. The summed E-state index contributed by atoms with van der Waals surface area (Å²) in [5.74, 6) is 5.06. The molecule has 0 nitrogen and oxygen atoms in total. The Morgan fingerprint density at radius 1 is 1.00 bits per heavy atom. The van der Waals surface area contributed by atoms with E-state index in [-0.39, 0.29) is 0 Å². The maximum absolute atomic E-state index is 2.53. The number of benzene rings is 1. The molecule has 0 atom stereocenters. The third-order valence-corrected chi connectivity index (χ3v) is 8.07. The van der Waals surface area contributed by atoms with E-state index in [0.717, 1.165) is 0 Å². The van der Waals surface area contributed by atoms with Crippen LogP contribution < -0.4 is 0 Å². The molecule has 1 aromatic rings. The molecule has 0 unspecified atom stereocenters. The van der Waals surface area contributed by atoms with E-state index >= 15 is 0 Å². The normalized spacial score (nSPS) is 19.8. The van der Waals surface area contributed by atoms with Gasteiger partial charge in [0.05, 0.1) is 0 Å². The van der Waals surface area contributed by atoms with Gasteiger partial charge in [0.1, 0.15) is 0 Å². The number of hydrogen-bond donors (Lipinski definition) is 0. The molecule has 1 aliphatic heterocycles. The van der Waals surface area contributed by atoms with Crippen LogP contribution in [-0.2, 0) is 10.5 Å². The molecular weight excluding hydrogens is 193 g/mol. The molecule has 1 heteroatoms. The first-order valence-electron chi connectivity index (χ1n) is 4.24. The second-order valence-corrected chi connectivity index (χ2v) is 14.9. The van der Waals surface area contributed by atoms with Crippen molar-refractivity contribution >= 4 is 13.3 Å². The molecule has 0 radical (unpaired) electrons. The summed E-state index contributed by atoms with van der Waals surface area (Å²) in [7, 11) is 0. The second kappa shape index (κ2) is 2.38. The van der Waals surface area contributed by atoms with Crippen molar-refractivity contribution < 1.29 is 0 Å². The van der Waals surface area contributed by atoms with Crippen molar-refractivity contribution in [3.8, 4) is 0 Å². The predicted molar refractivity (Wildman–Crippen MR) is 51.3 cm³/mol. The van der Waals surface area contributed by atoms with Gasteiger partial charge in [0.25, 0.3) is 0 Å². The molecule has 1 heterocycles. The van der Waals surface area contributed by atoms with Gasteiger partial charge in [-0.05, 0) is 0 Å². The van der Waals surface area contributed by atoms with Crippen molar-refractivity contribution in [2.45, 2.75) is 22.0 Å². The molecule has 0 spiro atoms. The van der Waals surface area contributed by atoms with Crippen molar-refractivity contribution in [2.24, 2.45) is 0 Å². The molecule has 11 heavy (non-hydrogen) atoms. The molecule has 0 aromatic heterocycles. The Labute approximate surface area is 71.0 Å². The van der Waals surface area contributed by atoms with Gasteiger partial charge in [-0.15, -0.1) is 0 Å². The zero-order chi connectivity index (χ0) is 7.90. The molecule has 0 amide bonds. The van der Waals surface area contributed by atoms with Gasteiger partial charge in [0.2, 0.25) is 0 Å². The van der Waals surface area contributed by atoms with Gasteiger partial charge in [-0.3, -0.25) is 0 Å². The maximum atomic E-state index is 2.53. The molecule has 0 N–H and O–H groups in total. The van der Waals surface area contributed by atoms with Gasteiger partial charge in [0.15, 0.2) is 0 Å². The molecule has 0 saturated carbocycles. The van der Waals surface area contributed by atoms with E-state index in [1.54, 1.807) is 11.1 Å². The quantitative estimate of drug-likeness (QED) is 0.573. The summed E-state index contributed by atoms with van der Waals surface area (Å²) in [4.78, 5) is 0. The van der Waals surface area contributed by atoms with Crippen LogP contribution in [0.3, 0.4) is 0 Å². The van der Waals surface area contributed by atoms with Crippen LogP contribution in [0.25, 0.3) is 0 Å². The van der Waals surface area contributed by atoms with Crippen molar-refractivity contribution in [3.05, 3.63) is 35.4 Å². The Kier molecular flexibility index (Phi) is 1.60. The molecule has 0 fully saturated rings. The molecule has 0 saturated heterocycles. The summed E-state index contributed by atoms with van der Waals surface area (Å²) in [6.07, 6.45) is 0. The van der Waals surface area contributed by atoms with E-state index in [1.165, 1.54) is 10.5 Å². The van der Waals surface area contributed by atoms with Gasteiger partial charge >= 0.3 is 70.7 Å². The molecule has 1 aromatic carbocycles. The SMILES string of the molecule is [CH3][Ge]1([CH3])[CH2]c2ccccc2[CH2]1. The Morgan fingerprint density at radius 2 is 1.45 bits per heavy atom. The van der Waals surface area contributed by atoms with Crippen molar-refractivity contribution in [1.29, 1.82) is 0 Å². The van der Waals surface area contributed by atoms with Gasteiger partial charge in [0, 0.05) is 0 Å². The van der Waals surface area contributed by atoms with Crippen LogP contribution in [-0.4, -0.2) is 13.3 Å². The summed E-state index contributed by atoms with van der Waals surface area (Å²) in [5, 5.41) is 2.88. The Bertz CT molecular complexity index is 249. The Morgan fingerprint density at radius 3 is 1.91 bits per heavy atom. The molecule has 0 bridgehead atoms. The number of rotatable bonds is 0. The molecule has 1 aliphatic rings. The zero-order valence-electron chi connectivity index (χ0n) is 7.22. The fourth-order valence-electron chi connectivity index (χ4n) is 2.00. The first-order chi connectivity index (χ1) is 5.17. The van der Waals surface area contributed by atoms with Gasteiger partial charge < -0.3 is 0 Å². The standard InChI is InChI=1S/C10H14Ge/c1-11(2)7-9-5-3-4-6-10(9)8-11/h3-6H,7-8H2,1-2H3. The van der Waals surface area contributed by atoms with Gasteiger partial charge in [-0.25, -0.2) is 0 Å². The third-order valence-electron chi connectivity index (χ3n) is 2.46. The van der Waals surface area contributed by atoms with Gasteiger partial charge in [-0.1, -0.05) is 0 Å². The van der Waals surface area contributed by atoms with Crippen molar-refractivity contribution in [3.63, 3.8) is 0 Å². The second-order valence-electron chi connectivity index (χ2n) is 4.29.